The monoisotopic (exact) mass is 249 g/mol. The fourth-order valence-electron chi connectivity index (χ4n) is 1.46. The van der Waals surface area contributed by atoms with E-state index in [0.717, 1.165) is 5.56 Å². The largest absolute Gasteiger partial charge is 0.394 e. The van der Waals surface area contributed by atoms with Gasteiger partial charge in [-0.2, -0.15) is 0 Å². The molecule has 88 valence electrons. The summed E-state index contributed by atoms with van der Waals surface area (Å²) in [4.78, 5) is 8.05. The molecule has 1 heterocycles. The van der Waals surface area contributed by atoms with Crippen molar-refractivity contribution >= 4 is 17.5 Å². The number of nitrogens with zero attached hydrogens (tertiary/aromatic N) is 2. The Morgan fingerprint density at radius 3 is 2.41 bits per heavy atom. The number of aliphatic hydroxyl groups excluding tert-OH is 1. The van der Waals surface area contributed by atoms with Crippen molar-refractivity contribution in [2.45, 2.75) is 6.04 Å². The number of hydrogen-bond acceptors (Lipinski definition) is 4. The third-order valence-corrected chi connectivity index (χ3v) is 2.50. The molecule has 2 aromatic rings. The number of hydrogen-bond donors (Lipinski definition) is 2. The van der Waals surface area contributed by atoms with Crippen molar-refractivity contribution in [2.75, 3.05) is 11.9 Å². The van der Waals surface area contributed by atoms with Crippen LogP contribution in [0.4, 0.5) is 5.95 Å². The van der Waals surface area contributed by atoms with E-state index in [1.54, 1.807) is 0 Å². The summed E-state index contributed by atoms with van der Waals surface area (Å²) in [6, 6.07) is 9.41. The first-order valence-corrected chi connectivity index (χ1v) is 5.57. The Labute approximate surface area is 104 Å². The second-order valence-electron chi connectivity index (χ2n) is 3.52. The average molecular weight is 250 g/mol. The van der Waals surface area contributed by atoms with Gasteiger partial charge in [-0.05, 0) is 5.56 Å². The van der Waals surface area contributed by atoms with E-state index >= 15 is 0 Å². The number of benzene rings is 1. The minimum Gasteiger partial charge on any atom is -0.394 e. The van der Waals surface area contributed by atoms with Gasteiger partial charge in [-0.1, -0.05) is 41.9 Å². The number of halogens is 1. The third-order valence-electron chi connectivity index (χ3n) is 2.31. The highest BCUT2D eigenvalue weighted by Crippen LogP contribution is 2.16. The topological polar surface area (TPSA) is 58.0 Å². The van der Waals surface area contributed by atoms with Gasteiger partial charge in [0.25, 0.3) is 0 Å². The highest BCUT2D eigenvalue weighted by molar-refractivity contribution is 6.30. The van der Waals surface area contributed by atoms with Crippen molar-refractivity contribution in [1.82, 2.24) is 9.97 Å². The summed E-state index contributed by atoms with van der Waals surface area (Å²) in [6.07, 6.45) is 3.02. The molecule has 1 atom stereocenters. The molecule has 0 saturated carbocycles. The SMILES string of the molecule is OCC(Nc1ncc(Cl)cn1)c1ccccc1. The fourth-order valence-corrected chi connectivity index (χ4v) is 1.56. The summed E-state index contributed by atoms with van der Waals surface area (Å²) in [5.41, 5.74) is 0.980. The Hall–Kier alpha value is -1.65. The van der Waals surface area contributed by atoms with Gasteiger partial charge < -0.3 is 10.4 Å². The van der Waals surface area contributed by atoms with Crippen LogP contribution in [0.2, 0.25) is 5.02 Å². The summed E-state index contributed by atoms with van der Waals surface area (Å²) in [5.74, 6) is 0.442. The summed E-state index contributed by atoms with van der Waals surface area (Å²) in [6.45, 7) is -0.0317. The van der Waals surface area contributed by atoms with Crippen molar-refractivity contribution in [1.29, 1.82) is 0 Å². The van der Waals surface area contributed by atoms with Crippen LogP contribution in [0.25, 0.3) is 0 Å². The zero-order valence-electron chi connectivity index (χ0n) is 9.05. The second-order valence-corrected chi connectivity index (χ2v) is 3.95. The number of rotatable bonds is 4. The van der Waals surface area contributed by atoms with E-state index in [0.29, 0.717) is 11.0 Å². The van der Waals surface area contributed by atoms with Crippen LogP contribution in [0.5, 0.6) is 0 Å². The molecule has 0 aliphatic carbocycles. The number of nitrogens with one attached hydrogen (secondary N) is 1. The Bertz CT molecular complexity index is 461. The molecule has 1 aromatic carbocycles. The van der Waals surface area contributed by atoms with Gasteiger partial charge in [0.1, 0.15) is 0 Å². The summed E-state index contributed by atoms with van der Waals surface area (Å²) in [5, 5.41) is 12.9. The molecule has 4 nitrogen and oxygen atoms in total. The van der Waals surface area contributed by atoms with Crippen molar-refractivity contribution in [3.05, 3.63) is 53.3 Å². The van der Waals surface area contributed by atoms with Crippen LogP contribution >= 0.6 is 11.6 Å². The second kappa shape index (κ2) is 5.61. The lowest BCUT2D eigenvalue weighted by molar-refractivity contribution is 0.276. The smallest absolute Gasteiger partial charge is 0.223 e. The molecule has 17 heavy (non-hydrogen) atoms. The molecular formula is C12H12ClN3O. The predicted octanol–water partition coefficient (Wildman–Crippen LogP) is 2.28. The molecule has 0 spiro atoms. The lowest BCUT2D eigenvalue weighted by atomic mass is 10.1. The molecule has 0 radical (unpaired) electrons. The van der Waals surface area contributed by atoms with Gasteiger partial charge in [0.15, 0.2) is 0 Å². The molecule has 0 aliphatic rings. The van der Waals surface area contributed by atoms with Crippen LogP contribution in [0.1, 0.15) is 11.6 Å². The summed E-state index contributed by atoms with van der Waals surface area (Å²) >= 11 is 5.70. The first-order valence-electron chi connectivity index (χ1n) is 5.19. The van der Waals surface area contributed by atoms with Gasteiger partial charge in [-0.3, -0.25) is 0 Å². The number of aromatic nitrogens is 2. The molecule has 2 rings (SSSR count). The first-order chi connectivity index (χ1) is 8.29. The van der Waals surface area contributed by atoms with Crippen LogP contribution in [0.15, 0.2) is 42.7 Å². The van der Waals surface area contributed by atoms with Crippen molar-refractivity contribution < 1.29 is 5.11 Å². The summed E-state index contributed by atoms with van der Waals surface area (Å²) < 4.78 is 0. The standard InChI is InChI=1S/C12H12ClN3O/c13-10-6-14-12(15-7-10)16-11(8-17)9-4-2-1-3-5-9/h1-7,11,17H,8H2,(H,14,15,16). The van der Waals surface area contributed by atoms with E-state index in [2.05, 4.69) is 15.3 Å². The normalized spacial score (nSPS) is 12.1. The maximum Gasteiger partial charge on any atom is 0.223 e. The molecule has 0 saturated heterocycles. The molecule has 2 N–H and O–H groups in total. The fraction of sp³-hybridized carbons (Fsp3) is 0.167. The zero-order valence-corrected chi connectivity index (χ0v) is 9.80. The van der Waals surface area contributed by atoms with Crippen LogP contribution in [0.3, 0.4) is 0 Å². The van der Waals surface area contributed by atoms with Crippen LogP contribution in [-0.4, -0.2) is 21.7 Å². The average Bonchev–Trinajstić information content (AvgIpc) is 2.39. The molecule has 0 aliphatic heterocycles. The van der Waals surface area contributed by atoms with Gasteiger partial charge >= 0.3 is 0 Å². The van der Waals surface area contributed by atoms with E-state index in [-0.39, 0.29) is 12.6 Å². The van der Waals surface area contributed by atoms with Crippen molar-refractivity contribution in [2.24, 2.45) is 0 Å². The van der Waals surface area contributed by atoms with Gasteiger partial charge in [-0.25, -0.2) is 9.97 Å². The Kier molecular flexibility index (Phi) is 3.90. The molecule has 1 unspecified atom stereocenters. The van der Waals surface area contributed by atoms with Gasteiger partial charge in [-0.15, -0.1) is 0 Å². The van der Waals surface area contributed by atoms with E-state index < -0.39 is 0 Å². The van der Waals surface area contributed by atoms with E-state index in [1.807, 2.05) is 30.3 Å². The molecule has 0 bridgehead atoms. The number of aliphatic hydroxyl groups is 1. The van der Waals surface area contributed by atoms with Crippen LogP contribution in [0, 0.1) is 0 Å². The Morgan fingerprint density at radius 1 is 1.18 bits per heavy atom. The van der Waals surface area contributed by atoms with Crippen molar-refractivity contribution in [3.63, 3.8) is 0 Å². The lowest BCUT2D eigenvalue weighted by Crippen LogP contribution is -2.16. The number of anilines is 1. The minimum absolute atomic E-state index is 0.0317. The molecule has 0 amide bonds. The minimum atomic E-state index is -0.225. The van der Waals surface area contributed by atoms with Crippen molar-refractivity contribution in [3.8, 4) is 0 Å². The van der Waals surface area contributed by atoms with Crippen LogP contribution < -0.4 is 5.32 Å². The molecule has 0 fully saturated rings. The van der Waals surface area contributed by atoms with E-state index in [4.69, 9.17) is 11.6 Å². The maximum atomic E-state index is 9.35. The molecular weight excluding hydrogens is 238 g/mol. The first kappa shape index (κ1) is 11.8. The molecule has 1 aromatic heterocycles. The van der Waals surface area contributed by atoms with Gasteiger partial charge in [0.2, 0.25) is 5.95 Å². The Balaban J connectivity index is 2.13. The van der Waals surface area contributed by atoms with Gasteiger partial charge in [0, 0.05) is 0 Å². The van der Waals surface area contributed by atoms with Crippen LogP contribution in [-0.2, 0) is 0 Å². The third kappa shape index (κ3) is 3.15. The van der Waals surface area contributed by atoms with Gasteiger partial charge in [0.05, 0.1) is 30.1 Å². The quantitative estimate of drug-likeness (QED) is 0.873. The zero-order chi connectivity index (χ0) is 12.1. The maximum absolute atomic E-state index is 9.35. The molecule has 5 heteroatoms. The van der Waals surface area contributed by atoms with E-state index in [1.165, 1.54) is 12.4 Å². The predicted molar refractivity (Wildman–Crippen MR) is 66.9 cm³/mol. The van der Waals surface area contributed by atoms with E-state index in [9.17, 15) is 5.11 Å². The lowest BCUT2D eigenvalue weighted by Gasteiger charge is -2.16. The highest BCUT2D eigenvalue weighted by Gasteiger charge is 2.10. The Morgan fingerprint density at radius 2 is 1.82 bits per heavy atom. The highest BCUT2D eigenvalue weighted by atomic mass is 35.5. The summed E-state index contributed by atoms with van der Waals surface area (Å²) in [7, 11) is 0.